The lowest BCUT2D eigenvalue weighted by Crippen LogP contribution is -2.08. The highest BCUT2D eigenvalue weighted by Crippen LogP contribution is 2.18. The molecule has 0 amide bonds. The Morgan fingerprint density at radius 1 is 1.63 bits per heavy atom. The first-order chi connectivity index (χ1) is 9.28. The smallest absolute Gasteiger partial charge is 0.341 e. The first-order valence-electron chi connectivity index (χ1n) is 6.44. The minimum Gasteiger partial charge on any atom is -0.465 e. The van der Waals surface area contributed by atoms with E-state index in [1.807, 2.05) is 22.9 Å². The third kappa shape index (κ3) is 2.33. The third-order valence-electron chi connectivity index (χ3n) is 3.40. The van der Waals surface area contributed by atoms with Crippen molar-refractivity contribution in [2.75, 3.05) is 13.7 Å². The summed E-state index contributed by atoms with van der Waals surface area (Å²) in [6, 6.07) is 3.54. The maximum Gasteiger partial charge on any atom is 0.341 e. The molecule has 0 N–H and O–H groups in total. The lowest BCUT2D eigenvalue weighted by molar-refractivity contribution is 0.0602. The standard InChI is InChI=1S/C14H16N2O3/c1-18-14(17)12-5-2-6-16-9-10(15-13(12)16)8-11-4-3-7-19-11/h2,5-6,9,11H,3-4,7-8H2,1H3. The summed E-state index contributed by atoms with van der Waals surface area (Å²) in [5.41, 5.74) is 2.08. The molecule has 1 atom stereocenters. The molecule has 1 aliphatic rings. The molecule has 1 unspecified atom stereocenters. The summed E-state index contributed by atoms with van der Waals surface area (Å²) in [5.74, 6) is -0.361. The summed E-state index contributed by atoms with van der Waals surface area (Å²) < 4.78 is 12.2. The monoisotopic (exact) mass is 260 g/mol. The van der Waals surface area contributed by atoms with E-state index in [1.54, 1.807) is 6.07 Å². The van der Waals surface area contributed by atoms with E-state index in [4.69, 9.17) is 9.47 Å². The van der Waals surface area contributed by atoms with E-state index in [0.717, 1.165) is 31.6 Å². The van der Waals surface area contributed by atoms with Crippen molar-refractivity contribution in [3.63, 3.8) is 0 Å². The number of carbonyl (C=O) groups is 1. The van der Waals surface area contributed by atoms with Crippen LogP contribution in [0.15, 0.2) is 24.5 Å². The predicted molar refractivity (Wildman–Crippen MR) is 69.2 cm³/mol. The first kappa shape index (κ1) is 12.2. The molecule has 3 rings (SSSR count). The Hall–Kier alpha value is -1.88. The number of ether oxygens (including phenoxy) is 2. The first-order valence-corrected chi connectivity index (χ1v) is 6.44. The number of imidazole rings is 1. The molecular weight excluding hydrogens is 244 g/mol. The van der Waals surface area contributed by atoms with Crippen molar-refractivity contribution in [3.8, 4) is 0 Å². The van der Waals surface area contributed by atoms with Crippen molar-refractivity contribution in [1.82, 2.24) is 9.38 Å². The molecule has 0 radical (unpaired) electrons. The highest BCUT2D eigenvalue weighted by Gasteiger charge is 2.19. The summed E-state index contributed by atoms with van der Waals surface area (Å²) in [5, 5.41) is 0. The number of fused-ring (bicyclic) bond motifs is 1. The fourth-order valence-corrected chi connectivity index (χ4v) is 2.47. The Kier molecular flexibility index (Phi) is 3.21. The maximum atomic E-state index is 11.7. The Morgan fingerprint density at radius 3 is 3.26 bits per heavy atom. The van der Waals surface area contributed by atoms with Gasteiger partial charge in [0, 0.05) is 25.4 Å². The molecule has 3 heterocycles. The van der Waals surface area contributed by atoms with E-state index in [-0.39, 0.29) is 12.1 Å². The Labute approximate surface area is 111 Å². The SMILES string of the molecule is COC(=O)c1cccn2cc(CC3CCCO3)nc12. The van der Waals surface area contributed by atoms with Crippen LogP contribution in [0.1, 0.15) is 28.9 Å². The molecule has 2 aromatic heterocycles. The van der Waals surface area contributed by atoms with Crippen LogP contribution in [-0.4, -0.2) is 35.2 Å². The minimum atomic E-state index is -0.361. The number of carbonyl (C=O) groups excluding carboxylic acids is 1. The van der Waals surface area contributed by atoms with Crippen LogP contribution in [-0.2, 0) is 15.9 Å². The Morgan fingerprint density at radius 2 is 2.53 bits per heavy atom. The number of aromatic nitrogens is 2. The van der Waals surface area contributed by atoms with E-state index in [1.165, 1.54) is 7.11 Å². The number of rotatable bonds is 3. The van der Waals surface area contributed by atoms with Crippen molar-refractivity contribution in [3.05, 3.63) is 35.8 Å². The van der Waals surface area contributed by atoms with Gasteiger partial charge in [-0.15, -0.1) is 0 Å². The summed E-state index contributed by atoms with van der Waals surface area (Å²) >= 11 is 0. The second kappa shape index (κ2) is 5.01. The quantitative estimate of drug-likeness (QED) is 0.790. The minimum absolute atomic E-state index is 0.256. The molecule has 0 spiro atoms. The number of esters is 1. The fourth-order valence-electron chi connectivity index (χ4n) is 2.47. The van der Waals surface area contributed by atoms with Gasteiger partial charge in [0.2, 0.25) is 0 Å². The zero-order valence-electron chi connectivity index (χ0n) is 10.8. The van der Waals surface area contributed by atoms with Crippen LogP contribution >= 0.6 is 0 Å². The number of hydrogen-bond acceptors (Lipinski definition) is 4. The van der Waals surface area contributed by atoms with Gasteiger partial charge in [0.05, 0.1) is 18.9 Å². The largest absolute Gasteiger partial charge is 0.465 e. The molecule has 0 aromatic carbocycles. The molecule has 5 heteroatoms. The van der Waals surface area contributed by atoms with Crippen molar-refractivity contribution >= 4 is 11.6 Å². The highest BCUT2D eigenvalue weighted by atomic mass is 16.5. The van der Waals surface area contributed by atoms with Crippen molar-refractivity contribution in [1.29, 1.82) is 0 Å². The van der Waals surface area contributed by atoms with Gasteiger partial charge in [-0.05, 0) is 25.0 Å². The third-order valence-corrected chi connectivity index (χ3v) is 3.40. The van der Waals surface area contributed by atoms with Gasteiger partial charge in [0.25, 0.3) is 0 Å². The van der Waals surface area contributed by atoms with E-state index in [9.17, 15) is 4.79 Å². The van der Waals surface area contributed by atoms with Crippen LogP contribution in [0.2, 0.25) is 0 Å². The lowest BCUT2D eigenvalue weighted by atomic mass is 10.1. The molecule has 1 aliphatic heterocycles. The zero-order valence-corrected chi connectivity index (χ0v) is 10.8. The second-order valence-corrected chi connectivity index (χ2v) is 4.72. The fraction of sp³-hybridized carbons (Fsp3) is 0.429. The average molecular weight is 260 g/mol. The van der Waals surface area contributed by atoms with Gasteiger partial charge in [-0.2, -0.15) is 0 Å². The topological polar surface area (TPSA) is 52.8 Å². The normalized spacial score (nSPS) is 18.9. The molecule has 1 fully saturated rings. The molecule has 0 aliphatic carbocycles. The lowest BCUT2D eigenvalue weighted by Gasteiger charge is -2.05. The number of methoxy groups -OCH3 is 1. The van der Waals surface area contributed by atoms with E-state index in [2.05, 4.69) is 4.98 Å². The Bertz CT molecular complexity index is 600. The zero-order chi connectivity index (χ0) is 13.2. The predicted octanol–water partition coefficient (Wildman–Crippen LogP) is 1.84. The van der Waals surface area contributed by atoms with Crippen LogP contribution < -0.4 is 0 Å². The van der Waals surface area contributed by atoms with E-state index < -0.39 is 0 Å². The average Bonchev–Trinajstić information content (AvgIpc) is 3.06. The molecule has 100 valence electrons. The van der Waals surface area contributed by atoms with Crippen LogP contribution in [0.3, 0.4) is 0 Å². The Balaban J connectivity index is 1.93. The molecule has 0 saturated carbocycles. The van der Waals surface area contributed by atoms with E-state index in [0.29, 0.717) is 11.2 Å². The highest BCUT2D eigenvalue weighted by molar-refractivity contribution is 5.95. The van der Waals surface area contributed by atoms with Gasteiger partial charge in [0.15, 0.2) is 5.65 Å². The van der Waals surface area contributed by atoms with Crippen LogP contribution in [0.25, 0.3) is 5.65 Å². The van der Waals surface area contributed by atoms with Crippen molar-refractivity contribution in [2.24, 2.45) is 0 Å². The van der Waals surface area contributed by atoms with Crippen molar-refractivity contribution < 1.29 is 14.3 Å². The molecule has 2 aromatic rings. The van der Waals surface area contributed by atoms with Gasteiger partial charge < -0.3 is 13.9 Å². The molecule has 5 nitrogen and oxygen atoms in total. The van der Waals surface area contributed by atoms with Gasteiger partial charge in [-0.25, -0.2) is 9.78 Å². The van der Waals surface area contributed by atoms with Gasteiger partial charge in [-0.1, -0.05) is 0 Å². The summed E-state index contributed by atoms with van der Waals surface area (Å²) in [7, 11) is 1.38. The molecule has 0 bridgehead atoms. The summed E-state index contributed by atoms with van der Waals surface area (Å²) in [6.07, 6.45) is 7.08. The maximum absolute atomic E-state index is 11.7. The van der Waals surface area contributed by atoms with Gasteiger partial charge in [-0.3, -0.25) is 0 Å². The number of hydrogen-bond donors (Lipinski definition) is 0. The molecule has 1 saturated heterocycles. The summed E-state index contributed by atoms with van der Waals surface area (Å²) in [6.45, 7) is 0.839. The second-order valence-electron chi connectivity index (χ2n) is 4.72. The number of nitrogens with zero attached hydrogens (tertiary/aromatic N) is 2. The number of pyridine rings is 1. The van der Waals surface area contributed by atoms with Gasteiger partial charge >= 0.3 is 5.97 Å². The van der Waals surface area contributed by atoms with Crippen LogP contribution in [0, 0.1) is 0 Å². The molecule has 19 heavy (non-hydrogen) atoms. The van der Waals surface area contributed by atoms with Crippen LogP contribution in [0.4, 0.5) is 0 Å². The summed E-state index contributed by atoms with van der Waals surface area (Å²) in [4.78, 5) is 16.2. The van der Waals surface area contributed by atoms with Crippen molar-refractivity contribution in [2.45, 2.75) is 25.4 Å². The van der Waals surface area contributed by atoms with E-state index >= 15 is 0 Å². The van der Waals surface area contributed by atoms with Gasteiger partial charge in [0.1, 0.15) is 5.56 Å². The molecular formula is C14H16N2O3. The van der Waals surface area contributed by atoms with Crippen LogP contribution in [0.5, 0.6) is 0 Å².